The lowest BCUT2D eigenvalue weighted by Gasteiger charge is -2.20. The van der Waals surface area contributed by atoms with Gasteiger partial charge in [0, 0.05) is 18.2 Å². The molecule has 108 valence electrons. The molecule has 1 fully saturated rings. The summed E-state index contributed by atoms with van der Waals surface area (Å²) in [6.45, 7) is 2.24. The zero-order valence-corrected chi connectivity index (χ0v) is 12.1. The van der Waals surface area contributed by atoms with Gasteiger partial charge in [0.2, 0.25) is 0 Å². The fraction of sp³-hybridized carbons (Fsp3) is 0.333. The summed E-state index contributed by atoms with van der Waals surface area (Å²) < 4.78 is 5.47. The first-order valence-corrected chi connectivity index (χ1v) is 7.39. The predicted octanol–water partition coefficient (Wildman–Crippen LogP) is 2.75. The summed E-state index contributed by atoms with van der Waals surface area (Å²) in [5.41, 5.74) is 7.72. The van der Waals surface area contributed by atoms with E-state index in [4.69, 9.17) is 10.2 Å². The standard InChI is InChI=1S/C18H20N2O/c19-11-1-3-15-5-7-16(8-6-15)13-20(17-9-10-17)14-18-4-2-12-21-18/h2,4-8,12,17H,9-11,13-14,19H2. The van der Waals surface area contributed by atoms with E-state index in [2.05, 4.69) is 41.0 Å². The fourth-order valence-electron chi connectivity index (χ4n) is 2.44. The molecule has 0 radical (unpaired) electrons. The number of furan rings is 1. The lowest BCUT2D eigenvalue weighted by Crippen LogP contribution is -2.24. The molecular formula is C18H20N2O. The van der Waals surface area contributed by atoms with E-state index in [1.54, 1.807) is 6.26 Å². The summed E-state index contributed by atoms with van der Waals surface area (Å²) in [5, 5.41) is 0. The van der Waals surface area contributed by atoms with Crippen molar-refractivity contribution >= 4 is 0 Å². The molecule has 0 saturated heterocycles. The van der Waals surface area contributed by atoms with Crippen molar-refractivity contribution in [3.63, 3.8) is 0 Å². The van der Waals surface area contributed by atoms with Gasteiger partial charge in [-0.3, -0.25) is 4.90 Å². The van der Waals surface area contributed by atoms with Crippen LogP contribution in [0.5, 0.6) is 0 Å². The molecule has 3 rings (SSSR count). The topological polar surface area (TPSA) is 42.4 Å². The van der Waals surface area contributed by atoms with Crippen LogP contribution in [0.25, 0.3) is 0 Å². The Morgan fingerprint density at radius 2 is 1.95 bits per heavy atom. The van der Waals surface area contributed by atoms with E-state index in [1.165, 1.54) is 18.4 Å². The number of hydrogen-bond acceptors (Lipinski definition) is 3. The van der Waals surface area contributed by atoms with E-state index in [9.17, 15) is 0 Å². The van der Waals surface area contributed by atoms with Gasteiger partial charge in [0.25, 0.3) is 0 Å². The summed E-state index contributed by atoms with van der Waals surface area (Å²) in [5.74, 6) is 6.96. The van der Waals surface area contributed by atoms with Crippen LogP contribution in [0, 0.1) is 11.8 Å². The van der Waals surface area contributed by atoms with Crippen LogP contribution >= 0.6 is 0 Å². The Labute approximate surface area is 125 Å². The first-order chi connectivity index (χ1) is 10.3. The van der Waals surface area contributed by atoms with Gasteiger partial charge in [-0.1, -0.05) is 24.0 Å². The molecule has 1 aromatic heterocycles. The maximum absolute atomic E-state index is 5.47. The molecule has 1 aromatic carbocycles. The highest BCUT2D eigenvalue weighted by Gasteiger charge is 2.29. The van der Waals surface area contributed by atoms with Crippen molar-refractivity contribution in [1.29, 1.82) is 0 Å². The van der Waals surface area contributed by atoms with E-state index in [0.717, 1.165) is 24.4 Å². The Balaban J connectivity index is 1.65. The Morgan fingerprint density at radius 1 is 1.14 bits per heavy atom. The molecule has 2 N–H and O–H groups in total. The third-order valence-electron chi connectivity index (χ3n) is 3.68. The lowest BCUT2D eigenvalue weighted by atomic mass is 10.1. The van der Waals surface area contributed by atoms with Gasteiger partial charge in [0.1, 0.15) is 5.76 Å². The Bertz CT molecular complexity index is 615. The molecule has 0 bridgehead atoms. The summed E-state index contributed by atoms with van der Waals surface area (Å²) in [6.07, 6.45) is 4.33. The van der Waals surface area contributed by atoms with Crippen LogP contribution in [0.4, 0.5) is 0 Å². The van der Waals surface area contributed by atoms with Gasteiger partial charge >= 0.3 is 0 Å². The molecule has 1 aliphatic rings. The van der Waals surface area contributed by atoms with Gasteiger partial charge in [-0.2, -0.15) is 0 Å². The van der Waals surface area contributed by atoms with Crippen LogP contribution in [0.15, 0.2) is 47.1 Å². The van der Waals surface area contributed by atoms with E-state index < -0.39 is 0 Å². The second-order valence-corrected chi connectivity index (χ2v) is 5.42. The fourth-order valence-corrected chi connectivity index (χ4v) is 2.44. The van der Waals surface area contributed by atoms with Crippen molar-refractivity contribution in [3.05, 3.63) is 59.5 Å². The van der Waals surface area contributed by atoms with E-state index in [-0.39, 0.29) is 0 Å². The van der Waals surface area contributed by atoms with Gasteiger partial charge in [-0.15, -0.1) is 0 Å². The smallest absolute Gasteiger partial charge is 0.117 e. The first kappa shape index (κ1) is 13.9. The highest BCUT2D eigenvalue weighted by atomic mass is 16.3. The summed E-state index contributed by atoms with van der Waals surface area (Å²) in [7, 11) is 0. The monoisotopic (exact) mass is 280 g/mol. The molecule has 1 aliphatic carbocycles. The minimum Gasteiger partial charge on any atom is -0.468 e. The third kappa shape index (κ3) is 3.98. The number of nitrogens with two attached hydrogens (primary N) is 1. The summed E-state index contributed by atoms with van der Waals surface area (Å²) in [4.78, 5) is 2.49. The van der Waals surface area contributed by atoms with Crippen LogP contribution in [0.2, 0.25) is 0 Å². The minimum absolute atomic E-state index is 0.403. The van der Waals surface area contributed by atoms with Gasteiger partial charge in [-0.05, 0) is 42.7 Å². The van der Waals surface area contributed by atoms with Crippen molar-refractivity contribution in [2.24, 2.45) is 5.73 Å². The van der Waals surface area contributed by atoms with Gasteiger partial charge in [0.15, 0.2) is 0 Å². The molecule has 0 atom stereocenters. The average molecular weight is 280 g/mol. The quantitative estimate of drug-likeness (QED) is 0.856. The second-order valence-electron chi connectivity index (χ2n) is 5.42. The molecule has 1 saturated carbocycles. The second kappa shape index (κ2) is 6.62. The SMILES string of the molecule is NCC#Cc1ccc(CN(Cc2ccco2)C2CC2)cc1. The number of rotatable bonds is 5. The molecule has 21 heavy (non-hydrogen) atoms. The molecule has 0 spiro atoms. The van der Waals surface area contributed by atoms with Crippen molar-refractivity contribution in [1.82, 2.24) is 4.90 Å². The molecule has 2 aromatic rings. The maximum Gasteiger partial charge on any atom is 0.117 e. The number of hydrogen-bond donors (Lipinski definition) is 1. The van der Waals surface area contributed by atoms with E-state index in [0.29, 0.717) is 12.6 Å². The van der Waals surface area contributed by atoms with Crippen LogP contribution in [-0.2, 0) is 13.1 Å². The number of benzene rings is 1. The Morgan fingerprint density at radius 3 is 2.57 bits per heavy atom. The van der Waals surface area contributed by atoms with Crippen LogP contribution in [0.1, 0.15) is 29.7 Å². The number of nitrogens with zero attached hydrogens (tertiary/aromatic N) is 1. The van der Waals surface area contributed by atoms with Crippen LogP contribution in [0.3, 0.4) is 0 Å². The Kier molecular flexibility index (Phi) is 4.40. The Hall–Kier alpha value is -2.02. The van der Waals surface area contributed by atoms with E-state index in [1.807, 2.05) is 12.1 Å². The largest absolute Gasteiger partial charge is 0.468 e. The maximum atomic E-state index is 5.47. The zero-order chi connectivity index (χ0) is 14.5. The van der Waals surface area contributed by atoms with E-state index >= 15 is 0 Å². The summed E-state index contributed by atoms with van der Waals surface area (Å²) in [6, 6.07) is 13.1. The minimum atomic E-state index is 0.403. The highest BCUT2D eigenvalue weighted by Crippen LogP contribution is 2.29. The van der Waals surface area contributed by atoms with Crippen LogP contribution < -0.4 is 5.73 Å². The zero-order valence-electron chi connectivity index (χ0n) is 12.1. The predicted molar refractivity (Wildman–Crippen MR) is 83.4 cm³/mol. The third-order valence-corrected chi connectivity index (χ3v) is 3.68. The van der Waals surface area contributed by atoms with Crippen molar-refractivity contribution < 1.29 is 4.42 Å². The molecular weight excluding hydrogens is 260 g/mol. The van der Waals surface area contributed by atoms with Crippen molar-refractivity contribution in [2.75, 3.05) is 6.54 Å². The van der Waals surface area contributed by atoms with Gasteiger partial charge in [0.05, 0.1) is 19.4 Å². The van der Waals surface area contributed by atoms with Gasteiger partial charge in [-0.25, -0.2) is 0 Å². The van der Waals surface area contributed by atoms with Gasteiger partial charge < -0.3 is 10.2 Å². The molecule has 3 nitrogen and oxygen atoms in total. The first-order valence-electron chi connectivity index (χ1n) is 7.39. The molecule has 3 heteroatoms. The van der Waals surface area contributed by atoms with Crippen molar-refractivity contribution in [2.45, 2.75) is 32.0 Å². The molecule has 0 aliphatic heterocycles. The molecule has 0 amide bonds. The van der Waals surface area contributed by atoms with Crippen molar-refractivity contribution in [3.8, 4) is 11.8 Å². The summed E-state index contributed by atoms with van der Waals surface area (Å²) >= 11 is 0. The molecule has 0 unspecified atom stereocenters. The highest BCUT2D eigenvalue weighted by molar-refractivity contribution is 5.36. The molecule has 1 heterocycles. The lowest BCUT2D eigenvalue weighted by molar-refractivity contribution is 0.225. The normalized spacial score (nSPS) is 14.0. The van der Waals surface area contributed by atoms with Crippen LogP contribution in [-0.4, -0.2) is 17.5 Å². The average Bonchev–Trinajstić information content (AvgIpc) is 3.24.